The number of nitrogens with zero attached hydrogens (tertiary/aromatic N) is 4. The minimum Gasteiger partial charge on any atom is -0.478 e. The van der Waals surface area contributed by atoms with Crippen molar-refractivity contribution in [3.8, 4) is 11.4 Å². The Morgan fingerprint density at radius 3 is 2.88 bits per heavy atom. The molecule has 0 saturated carbocycles. The summed E-state index contributed by atoms with van der Waals surface area (Å²) in [5, 5.41) is 12.9. The van der Waals surface area contributed by atoms with Crippen LogP contribution in [0.4, 0.5) is 0 Å². The van der Waals surface area contributed by atoms with E-state index in [0.717, 1.165) is 5.69 Å². The lowest BCUT2D eigenvalue weighted by Crippen LogP contribution is -2.39. The van der Waals surface area contributed by atoms with E-state index < -0.39 is 5.97 Å². The van der Waals surface area contributed by atoms with Crippen LogP contribution in [0.25, 0.3) is 11.4 Å². The van der Waals surface area contributed by atoms with Crippen LogP contribution >= 0.6 is 0 Å². The number of aromatic carboxylic acids is 1. The van der Waals surface area contributed by atoms with Gasteiger partial charge in [0, 0.05) is 11.3 Å². The van der Waals surface area contributed by atoms with Gasteiger partial charge < -0.3 is 5.11 Å². The summed E-state index contributed by atoms with van der Waals surface area (Å²) in [6, 6.07) is 2.99. The van der Waals surface area contributed by atoms with Crippen LogP contribution in [0.15, 0.2) is 24.5 Å². The zero-order valence-corrected chi connectivity index (χ0v) is 8.95. The van der Waals surface area contributed by atoms with Crippen molar-refractivity contribution >= 4 is 5.97 Å². The predicted octanol–water partition coefficient (Wildman–Crippen LogP) is 0.00480. The number of aromatic nitrogens is 4. The average molecular weight is 219 g/mol. The van der Waals surface area contributed by atoms with E-state index in [4.69, 9.17) is 5.11 Å². The van der Waals surface area contributed by atoms with E-state index in [2.05, 4.69) is 10.1 Å². The van der Waals surface area contributed by atoms with Crippen LogP contribution in [-0.2, 0) is 14.1 Å². The van der Waals surface area contributed by atoms with Crippen LogP contribution in [0.5, 0.6) is 0 Å². The molecule has 2 aromatic rings. The van der Waals surface area contributed by atoms with Crippen LogP contribution in [0.3, 0.4) is 0 Å². The molecule has 0 aliphatic carbocycles. The summed E-state index contributed by atoms with van der Waals surface area (Å²) in [6.07, 6.45) is 3.12. The largest absolute Gasteiger partial charge is 0.478 e. The van der Waals surface area contributed by atoms with Crippen molar-refractivity contribution in [1.29, 1.82) is 0 Å². The molecule has 0 aromatic carbocycles. The Balaban J connectivity index is 2.52. The number of hydrogen-bond acceptors (Lipinski definition) is 3. The van der Waals surface area contributed by atoms with E-state index in [9.17, 15) is 4.79 Å². The van der Waals surface area contributed by atoms with Gasteiger partial charge >= 0.3 is 5.97 Å². The molecule has 0 aliphatic heterocycles. The summed E-state index contributed by atoms with van der Waals surface area (Å²) in [5.41, 5.74) is 1.58. The van der Waals surface area contributed by atoms with Crippen molar-refractivity contribution in [2.45, 2.75) is 0 Å². The van der Waals surface area contributed by atoms with Gasteiger partial charge in [0.25, 0.3) is 0 Å². The predicted molar refractivity (Wildman–Crippen MR) is 54.6 cm³/mol. The maximum Gasteiger partial charge on any atom is 0.335 e. The molecule has 6 nitrogen and oxygen atoms in total. The molecule has 2 heterocycles. The van der Waals surface area contributed by atoms with Crippen LogP contribution in [0.2, 0.25) is 0 Å². The van der Waals surface area contributed by atoms with Gasteiger partial charge in [-0.15, -0.1) is 0 Å². The van der Waals surface area contributed by atoms with Crippen molar-refractivity contribution in [2.75, 3.05) is 0 Å². The molecule has 1 N–H and O–H groups in total. The lowest BCUT2D eigenvalue weighted by molar-refractivity contribution is -0.746. The molecule has 0 radical (unpaired) electrons. The first-order valence-corrected chi connectivity index (χ1v) is 4.67. The Hall–Kier alpha value is -2.24. The van der Waals surface area contributed by atoms with Gasteiger partial charge in [0.1, 0.15) is 12.7 Å². The maximum absolute atomic E-state index is 10.8. The number of carboxylic acids is 1. The molecule has 82 valence electrons. The van der Waals surface area contributed by atoms with Crippen molar-refractivity contribution < 1.29 is 14.6 Å². The molecule has 0 amide bonds. The SMILES string of the molecule is Cn1ncc(-c2cc(C(=O)O)ccn2)[n+]1C. The fourth-order valence-electron chi connectivity index (χ4n) is 1.39. The molecule has 0 aliphatic rings. The molecular weight excluding hydrogens is 208 g/mol. The van der Waals surface area contributed by atoms with Crippen molar-refractivity contribution in [2.24, 2.45) is 14.1 Å². The molecular formula is C10H11N4O2+. The minimum absolute atomic E-state index is 0.217. The van der Waals surface area contributed by atoms with Crippen molar-refractivity contribution in [3.63, 3.8) is 0 Å². The van der Waals surface area contributed by atoms with E-state index in [1.165, 1.54) is 18.3 Å². The fraction of sp³-hybridized carbons (Fsp3) is 0.200. The first-order chi connectivity index (χ1) is 7.59. The highest BCUT2D eigenvalue weighted by Crippen LogP contribution is 2.12. The zero-order chi connectivity index (χ0) is 11.7. The van der Waals surface area contributed by atoms with Crippen LogP contribution in [-0.4, -0.2) is 26.0 Å². The van der Waals surface area contributed by atoms with Crippen LogP contribution in [0.1, 0.15) is 10.4 Å². The molecule has 2 rings (SSSR count). The summed E-state index contributed by atoms with van der Waals surface area (Å²) in [6.45, 7) is 0. The number of carboxylic acid groups (broad SMARTS) is 1. The van der Waals surface area contributed by atoms with Crippen molar-refractivity contribution in [3.05, 3.63) is 30.1 Å². The van der Waals surface area contributed by atoms with Crippen molar-refractivity contribution in [1.82, 2.24) is 14.9 Å². The number of pyridine rings is 1. The lowest BCUT2D eigenvalue weighted by Gasteiger charge is -1.98. The molecule has 16 heavy (non-hydrogen) atoms. The average Bonchev–Trinajstić information content (AvgIpc) is 2.60. The normalized spacial score (nSPS) is 10.4. The molecule has 0 fully saturated rings. The summed E-state index contributed by atoms with van der Waals surface area (Å²) >= 11 is 0. The molecule has 0 spiro atoms. The van der Waals surface area contributed by atoms with Gasteiger partial charge in [-0.2, -0.15) is 4.68 Å². The lowest BCUT2D eigenvalue weighted by atomic mass is 10.2. The monoisotopic (exact) mass is 219 g/mol. The highest BCUT2D eigenvalue weighted by Gasteiger charge is 2.16. The first-order valence-electron chi connectivity index (χ1n) is 4.67. The Morgan fingerprint density at radius 1 is 1.56 bits per heavy atom. The van der Waals surface area contributed by atoms with E-state index in [1.54, 1.807) is 22.7 Å². The minimum atomic E-state index is -0.963. The van der Waals surface area contributed by atoms with Gasteiger partial charge in [0.2, 0.25) is 11.9 Å². The van der Waals surface area contributed by atoms with Crippen LogP contribution < -0.4 is 4.68 Å². The quantitative estimate of drug-likeness (QED) is 0.722. The first kappa shape index (κ1) is 10.3. The third-order valence-electron chi connectivity index (χ3n) is 2.40. The van der Waals surface area contributed by atoms with Gasteiger partial charge in [-0.1, -0.05) is 0 Å². The summed E-state index contributed by atoms with van der Waals surface area (Å²) in [7, 11) is 3.63. The third kappa shape index (κ3) is 1.65. The molecule has 0 bridgehead atoms. The maximum atomic E-state index is 10.8. The molecule has 0 unspecified atom stereocenters. The summed E-state index contributed by atoms with van der Waals surface area (Å²) in [4.78, 5) is 16.6. The Kier molecular flexibility index (Phi) is 2.40. The second kappa shape index (κ2) is 3.73. The topological polar surface area (TPSA) is 71.9 Å². The smallest absolute Gasteiger partial charge is 0.335 e. The fourth-order valence-corrected chi connectivity index (χ4v) is 1.39. The van der Waals surface area contributed by atoms with Gasteiger partial charge in [-0.25, -0.2) is 4.79 Å². The third-order valence-corrected chi connectivity index (χ3v) is 2.40. The Morgan fingerprint density at radius 2 is 2.31 bits per heavy atom. The zero-order valence-electron chi connectivity index (χ0n) is 8.95. The van der Waals surface area contributed by atoms with E-state index in [1.807, 2.05) is 7.05 Å². The van der Waals surface area contributed by atoms with Gasteiger partial charge in [0.15, 0.2) is 0 Å². The van der Waals surface area contributed by atoms with E-state index >= 15 is 0 Å². The number of hydrogen-bond donors (Lipinski definition) is 1. The molecule has 6 heteroatoms. The van der Waals surface area contributed by atoms with Crippen LogP contribution in [0, 0.1) is 0 Å². The standard InChI is InChI=1S/C10H10N4O2/c1-13-9(6-12-14(13)2)8-5-7(10(15)16)3-4-11-8/h3-6H,1-2H3/p+1. The van der Waals surface area contributed by atoms with Gasteiger partial charge in [0.05, 0.1) is 12.6 Å². The molecule has 2 aromatic heterocycles. The number of aryl methyl sites for hydroxylation is 1. The number of rotatable bonds is 2. The molecule has 0 atom stereocenters. The Bertz CT molecular complexity index is 548. The highest BCUT2D eigenvalue weighted by atomic mass is 16.4. The number of carbonyl (C=O) groups is 1. The molecule has 0 saturated heterocycles. The second-order valence-electron chi connectivity index (χ2n) is 3.38. The summed E-state index contributed by atoms with van der Waals surface area (Å²) < 4.78 is 1.79. The highest BCUT2D eigenvalue weighted by molar-refractivity contribution is 5.88. The Labute approximate surface area is 91.8 Å². The van der Waals surface area contributed by atoms with Gasteiger partial charge in [-0.05, 0) is 16.9 Å². The second-order valence-corrected chi connectivity index (χ2v) is 3.38. The van der Waals surface area contributed by atoms with Gasteiger partial charge in [-0.3, -0.25) is 4.98 Å². The van der Waals surface area contributed by atoms with E-state index in [0.29, 0.717) is 5.69 Å². The van der Waals surface area contributed by atoms with E-state index in [-0.39, 0.29) is 5.56 Å². The summed E-state index contributed by atoms with van der Waals surface area (Å²) in [5.74, 6) is -0.963.